The van der Waals surface area contributed by atoms with Crippen molar-refractivity contribution < 1.29 is 23.4 Å². The molecule has 0 saturated heterocycles. The second-order valence-electron chi connectivity index (χ2n) is 3.81. The second kappa shape index (κ2) is 4.24. The standard InChI is InChI=1S/C7H15NO5S/c1-7(2,3)14(12,13)8-5(4-9)6(10)11/h5,8-9H,4H2,1-3H3,(H,10,11)/t5-/m1/s1. The Morgan fingerprint density at radius 2 is 1.86 bits per heavy atom. The molecule has 1 atom stereocenters. The number of hydrogen-bond acceptors (Lipinski definition) is 4. The Balaban J connectivity index is 4.75. The number of carbonyl (C=O) groups is 1. The van der Waals surface area contributed by atoms with E-state index in [0.29, 0.717) is 0 Å². The summed E-state index contributed by atoms with van der Waals surface area (Å²) in [6.45, 7) is 3.54. The van der Waals surface area contributed by atoms with E-state index in [1.165, 1.54) is 20.8 Å². The van der Waals surface area contributed by atoms with Gasteiger partial charge < -0.3 is 10.2 Å². The number of carboxylic acids is 1. The SMILES string of the molecule is CC(C)(C)S(=O)(=O)N[C@H](CO)C(=O)O. The molecule has 3 N–H and O–H groups in total. The van der Waals surface area contributed by atoms with Crippen molar-refractivity contribution in [3.8, 4) is 0 Å². The predicted molar refractivity (Wildman–Crippen MR) is 50.3 cm³/mol. The molecule has 0 aromatic carbocycles. The van der Waals surface area contributed by atoms with E-state index >= 15 is 0 Å². The van der Waals surface area contributed by atoms with Gasteiger partial charge in [-0.1, -0.05) is 0 Å². The van der Waals surface area contributed by atoms with Gasteiger partial charge in [-0.3, -0.25) is 4.79 Å². The van der Waals surface area contributed by atoms with Crippen LogP contribution in [0.4, 0.5) is 0 Å². The fourth-order valence-corrected chi connectivity index (χ4v) is 1.43. The summed E-state index contributed by atoms with van der Waals surface area (Å²) in [6.07, 6.45) is 0. The molecule has 0 spiro atoms. The van der Waals surface area contributed by atoms with Gasteiger partial charge in [0.2, 0.25) is 10.0 Å². The van der Waals surface area contributed by atoms with Crippen molar-refractivity contribution in [3.63, 3.8) is 0 Å². The first-order valence-corrected chi connectivity index (χ1v) is 5.45. The predicted octanol–water partition coefficient (Wildman–Crippen LogP) is -0.850. The van der Waals surface area contributed by atoms with Crippen molar-refractivity contribution in [2.24, 2.45) is 0 Å². The molecular weight excluding hydrogens is 210 g/mol. The van der Waals surface area contributed by atoms with E-state index in [4.69, 9.17) is 10.2 Å². The Morgan fingerprint density at radius 1 is 1.43 bits per heavy atom. The zero-order chi connectivity index (χ0) is 11.6. The number of aliphatic carboxylic acids is 1. The van der Waals surface area contributed by atoms with E-state index in [9.17, 15) is 13.2 Å². The number of nitrogens with one attached hydrogen (secondary N) is 1. The molecule has 0 amide bonds. The van der Waals surface area contributed by atoms with Crippen molar-refractivity contribution in [2.75, 3.05) is 6.61 Å². The average molecular weight is 225 g/mol. The summed E-state index contributed by atoms with van der Waals surface area (Å²) in [5.41, 5.74) is 0. The minimum Gasteiger partial charge on any atom is -0.480 e. The first-order chi connectivity index (χ1) is 6.12. The Bertz CT molecular complexity index is 303. The van der Waals surface area contributed by atoms with E-state index in [0.717, 1.165) is 0 Å². The monoisotopic (exact) mass is 225 g/mol. The molecule has 6 nitrogen and oxygen atoms in total. The third-order valence-electron chi connectivity index (χ3n) is 1.58. The number of carboxylic acid groups (broad SMARTS) is 1. The van der Waals surface area contributed by atoms with E-state index < -0.39 is 33.4 Å². The molecule has 0 aliphatic rings. The van der Waals surface area contributed by atoms with Gasteiger partial charge in [-0.15, -0.1) is 0 Å². The van der Waals surface area contributed by atoms with E-state index in [-0.39, 0.29) is 0 Å². The Morgan fingerprint density at radius 3 is 2.07 bits per heavy atom. The molecule has 0 saturated carbocycles. The maximum Gasteiger partial charge on any atom is 0.324 e. The van der Waals surface area contributed by atoms with Crippen molar-refractivity contribution in [1.82, 2.24) is 4.72 Å². The first-order valence-electron chi connectivity index (χ1n) is 3.97. The molecule has 0 aromatic heterocycles. The number of sulfonamides is 1. The highest BCUT2D eigenvalue weighted by Gasteiger charge is 2.33. The van der Waals surface area contributed by atoms with Gasteiger partial charge in [0.15, 0.2) is 0 Å². The van der Waals surface area contributed by atoms with Crippen LogP contribution in [0.25, 0.3) is 0 Å². The lowest BCUT2D eigenvalue weighted by atomic mass is 10.3. The van der Waals surface area contributed by atoms with Gasteiger partial charge in [-0.05, 0) is 20.8 Å². The van der Waals surface area contributed by atoms with Gasteiger partial charge in [-0.25, -0.2) is 8.42 Å². The molecule has 0 aliphatic carbocycles. The van der Waals surface area contributed by atoms with Crippen LogP contribution in [0.3, 0.4) is 0 Å². The van der Waals surface area contributed by atoms with Crippen LogP contribution in [0.1, 0.15) is 20.8 Å². The molecule has 0 heterocycles. The lowest BCUT2D eigenvalue weighted by molar-refractivity contribution is -0.139. The number of aliphatic hydroxyl groups excluding tert-OH is 1. The van der Waals surface area contributed by atoms with Crippen LogP contribution in [0.15, 0.2) is 0 Å². The summed E-state index contributed by atoms with van der Waals surface area (Å²) in [5.74, 6) is -1.40. The summed E-state index contributed by atoms with van der Waals surface area (Å²) in [6, 6.07) is -1.49. The second-order valence-corrected chi connectivity index (χ2v) is 6.27. The quantitative estimate of drug-likeness (QED) is 0.578. The van der Waals surface area contributed by atoms with Crippen molar-refractivity contribution in [3.05, 3.63) is 0 Å². The highest BCUT2D eigenvalue weighted by Crippen LogP contribution is 2.13. The van der Waals surface area contributed by atoms with Crippen LogP contribution in [0.2, 0.25) is 0 Å². The Kier molecular flexibility index (Phi) is 4.04. The van der Waals surface area contributed by atoms with Gasteiger partial charge >= 0.3 is 5.97 Å². The van der Waals surface area contributed by atoms with Gasteiger partial charge in [0.25, 0.3) is 0 Å². The molecule has 7 heteroatoms. The average Bonchev–Trinajstić information content (AvgIpc) is 1.97. The molecular formula is C7H15NO5S. The van der Waals surface area contributed by atoms with Crippen LogP contribution in [-0.2, 0) is 14.8 Å². The molecule has 0 fully saturated rings. The first kappa shape index (κ1) is 13.3. The number of aliphatic hydroxyl groups is 1. The van der Waals surface area contributed by atoms with Crippen LogP contribution < -0.4 is 4.72 Å². The molecule has 0 unspecified atom stereocenters. The van der Waals surface area contributed by atoms with Crippen molar-refractivity contribution >= 4 is 16.0 Å². The smallest absolute Gasteiger partial charge is 0.324 e. The highest BCUT2D eigenvalue weighted by molar-refractivity contribution is 7.90. The summed E-state index contributed by atoms with van der Waals surface area (Å²) in [5, 5.41) is 17.1. The maximum atomic E-state index is 11.4. The Labute approximate surface area is 83.0 Å². The summed E-state index contributed by atoms with van der Waals surface area (Å²) in [7, 11) is -3.74. The van der Waals surface area contributed by atoms with Crippen LogP contribution in [0, 0.1) is 0 Å². The van der Waals surface area contributed by atoms with Gasteiger partial charge in [-0.2, -0.15) is 4.72 Å². The van der Waals surface area contributed by atoms with Crippen molar-refractivity contribution in [1.29, 1.82) is 0 Å². The molecule has 0 rings (SSSR count). The third-order valence-corrected chi connectivity index (χ3v) is 3.79. The number of hydrogen-bond donors (Lipinski definition) is 3. The lowest BCUT2D eigenvalue weighted by Crippen LogP contribution is -2.49. The van der Waals surface area contributed by atoms with Gasteiger partial charge in [0.05, 0.1) is 11.4 Å². The minimum absolute atomic E-state index is 0.773. The fraction of sp³-hybridized carbons (Fsp3) is 0.857. The van der Waals surface area contributed by atoms with E-state index in [2.05, 4.69) is 0 Å². The molecule has 0 radical (unpaired) electrons. The summed E-state index contributed by atoms with van der Waals surface area (Å²) >= 11 is 0. The molecule has 84 valence electrons. The van der Waals surface area contributed by atoms with E-state index in [1.54, 1.807) is 0 Å². The van der Waals surface area contributed by atoms with E-state index in [1.807, 2.05) is 4.72 Å². The molecule has 0 aliphatic heterocycles. The fourth-order valence-electron chi connectivity index (χ4n) is 0.530. The highest BCUT2D eigenvalue weighted by atomic mass is 32.2. The van der Waals surface area contributed by atoms with Crippen LogP contribution >= 0.6 is 0 Å². The topological polar surface area (TPSA) is 104 Å². The van der Waals surface area contributed by atoms with Gasteiger partial charge in [0, 0.05) is 0 Å². The van der Waals surface area contributed by atoms with Gasteiger partial charge in [0.1, 0.15) is 6.04 Å². The van der Waals surface area contributed by atoms with Crippen molar-refractivity contribution in [2.45, 2.75) is 31.6 Å². The van der Waals surface area contributed by atoms with Crippen LogP contribution in [0.5, 0.6) is 0 Å². The minimum atomic E-state index is -3.74. The largest absolute Gasteiger partial charge is 0.480 e. The molecule has 0 bridgehead atoms. The third kappa shape index (κ3) is 3.24. The molecule has 0 aromatic rings. The Hall–Kier alpha value is -0.660. The maximum absolute atomic E-state index is 11.4. The normalized spacial score (nSPS) is 15.1. The number of rotatable bonds is 4. The van der Waals surface area contributed by atoms with Crippen LogP contribution in [-0.4, -0.2) is 42.0 Å². The summed E-state index contributed by atoms with van der Waals surface area (Å²) in [4.78, 5) is 10.4. The zero-order valence-corrected chi connectivity index (χ0v) is 9.13. The molecule has 14 heavy (non-hydrogen) atoms. The zero-order valence-electron chi connectivity index (χ0n) is 8.31. The lowest BCUT2D eigenvalue weighted by Gasteiger charge is -2.22. The summed E-state index contributed by atoms with van der Waals surface area (Å²) < 4.78 is 23.7.